The van der Waals surface area contributed by atoms with E-state index in [0.717, 1.165) is 0 Å². The van der Waals surface area contributed by atoms with Gasteiger partial charge in [0, 0.05) is 5.57 Å². The Balaban J connectivity index is 3.47. The smallest absolute Gasteiger partial charge is 0.459 e. The fourth-order valence-corrected chi connectivity index (χ4v) is 0.525. The van der Waals surface area contributed by atoms with E-state index >= 15 is 0 Å². The molecule has 0 spiro atoms. The van der Waals surface area contributed by atoms with Gasteiger partial charge < -0.3 is 14.2 Å². The Morgan fingerprint density at radius 3 is 2.40 bits per heavy atom. The predicted octanol–water partition coefficient (Wildman–Crippen LogP) is 0.892. The molecule has 0 aliphatic heterocycles. The Labute approximate surface area is 88.0 Å². The van der Waals surface area contributed by atoms with Crippen LogP contribution in [-0.4, -0.2) is 31.9 Å². The molecule has 0 radical (unpaired) electrons. The number of hydrogen-bond donors (Lipinski definition) is 0. The summed E-state index contributed by atoms with van der Waals surface area (Å²) in [6, 6.07) is 0. The van der Waals surface area contributed by atoms with Crippen molar-refractivity contribution in [3.05, 3.63) is 12.2 Å². The molecule has 0 atom stereocenters. The molecule has 0 amide bonds. The van der Waals surface area contributed by atoms with Crippen molar-refractivity contribution in [1.82, 2.24) is 0 Å². The summed E-state index contributed by atoms with van der Waals surface area (Å²) in [6.45, 7) is 4.62. The third-order valence-corrected chi connectivity index (χ3v) is 1.16. The minimum Gasteiger partial charge on any atom is -0.459 e. The number of carbonyl (C=O) groups is 2. The van der Waals surface area contributed by atoms with Crippen LogP contribution in [0, 0.1) is 12.3 Å². The quantitative estimate of drug-likeness (QED) is 0.293. The zero-order chi connectivity index (χ0) is 11.7. The van der Waals surface area contributed by atoms with Crippen LogP contribution in [-0.2, 0) is 19.0 Å². The van der Waals surface area contributed by atoms with Gasteiger partial charge in [-0.2, -0.15) is 0 Å². The van der Waals surface area contributed by atoms with Gasteiger partial charge in [0.15, 0.2) is 6.61 Å². The SMILES string of the molecule is C#CCOC(=O)OCCOC(=O)C(=C)C. The van der Waals surface area contributed by atoms with Gasteiger partial charge in [-0.3, -0.25) is 0 Å². The average molecular weight is 212 g/mol. The second kappa shape index (κ2) is 7.44. The maximum Gasteiger partial charge on any atom is 0.509 e. The van der Waals surface area contributed by atoms with Crippen LogP contribution in [0.5, 0.6) is 0 Å². The van der Waals surface area contributed by atoms with E-state index in [-0.39, 0.29) is 25.4 Å². The summed E-state index contributed by atoms with van der Waals surface area (Å²) < 4.78 is 13.5. The molecule has 0 heterocycles. The van der Waals surface area contributed by atoms with Crippen LogP contribution < -0.4 is 0 Å². The molecule has 0 rings (SSSR count). The number of esters is 1. The first-order valence-corrected chi connectivity index (χ1v) is 4.13. The molecule has 0 aliphatic rings. The summed E-state index contributed by atoms with van der Waals surface area (Å²) >= 11 is 0. The third-order valence-electron chi connectivity index (χ3n) is 1.16. The molecule has 0 fully saturated rings. The van der Waals surface area contributed by atoms with Crippen molar-refractivity contribution in [3.63, 3.8) is 0 Å². The van der Waals surface area contributed by atoms with Crippen LogP contribution in [0.25, 0.3) is 0 Å². The van der Waals surface area contributed by atoms with Gasteiger partial charge >= 0.3 is 12.1 Å². The van der Waals surface area contributed by atoms with Crippen molar-refractivity contribution in [2.45, 2.75) is 6.92 Å². The van der Waals surface area contributed by atoms with Gasteiger partial charge in [0.05, 0.1) is 0 Å². The van der Waals surface area contributed by atoms with E-state index in [9.17, 15) is 9.59 Å². The molecule has 0 aromatic rings. The molecular formula is C10H12O5. The summed E-state index contributed by atoms with van der Waals surface area (Å²) in [7, 11) is 0. The van der Waals surface area contributed by atoms with E-state index in [1.165, 1.54) is 6.92 Å². The highest BCUT2D eigenvalue weighted by atomic mass is 16.7. The molecule has 15 heavy (non-hydrogen) atoms. The number of ether oxygens (including phenoxy) is 3. The molecule has 0 saturated heterocycles. The van der Waals surface area contributed by atoms with Gasteiger partial charge in [-0.15, -0.1) is 6.42 Å². The number of terminal acetylenes is 1. The Morgan fingerprint density at radius 2 is 1.87 bits per heavy atom. The molecule has 5 heteroatoms. The second-order valence-electron chi connectivity index (χ2n) is 2.51. The van der Waals surface area contributed by atoms with E-state index < -0.39 is 12.1 Å². The third kappa shape index (κ3) is 7.14. The average Bonchev–Trinajstić information content (AvgIpc) is 2.20. The van der Waals surface area contributed by atoms with E-state index in [0.29, 0.717) is 0 Å². The number of rotatable bonds is 5. The van der Waals surface area contributed by atoms with Gasteiger partial charge in [-0.25, -0.2) is 9.59 Å². The Kier molecular flexibility index (Phi) is 6.47. The van der Waals surface area contributed by atoms with Crippen molar-refractivity contribution in [2.75, 3.05) is 19.8 Å². The molecule has 0 N–H and O–H groups in total. The van der Waals surface area contributed by atoms with Crippen LogP contribution >= 0.6 is 0 Å². The molecule has 5 nitrogen and oxygen atoms in total. The number of carbonyl (C=O) groups excluding carboxylic acids is 2. The van der Waals surface area contributed by atoms with Crippen LogP contribution in [0.1, 0.15) is 6.92 Å². The Hall–Kier alpha value is -1.96. The molecule has 82 valence electrons. The summed E-state index contributed by atoms with van der Waals surface area (Å²) in [5.74, 6) is 1.57. The van der Waals surface area contributed by atoms with Crippen LogP contribution in [0.15, 0.2) is 12.2 Å². The maximum absolute atomic E-state index is 10.8. The van der Waals surface area contributed by atoms with E-state index in [1.807, 2.05) is 0 Å². The lowest BCUT2D eigenvalue weighted by atomic mass is 10.4. The van der Waals surface area contributed by atoms with E-state index in [2.05, 4.69) is 26.7 Å². The lowest BCUT2D eigenvalue weighted by molar-refractivity contribution is -0.140. The summed E-state index contributed by atoms with van der Waals surface area (Å²) in [6.07, 6.45) is 3.95. The minimum atomic E-state index is -0.890. The maximum atomic E-state index is 10.8. The summed E-state index contributed by atoms with van der Waals surface area (Å²) in [4.78, 5) is 21.5. The van der Waals surface area contributed by atoms with Gasteiger partial charge in [-0.05, 0) is 6.92 Å². The highest BCUT2D eigenvalue weighted by Gasteiger charge is 2.05. The van der Waals surface area contributed by atoms with Crippen molar-refractivity contribution in [2.24, 2.45) is 0 Å². The topological polar surface area (TPSA) is 61.8 Å². The fourth-order valence-electron chi connectivity index (χ4n) is 0.525. The fraction of sp³-hybridized carbons (Fsp3) is 0.400. The molecular weight excluding hydrogens is 200 g/mol. The number of hydrogen-bond acceptors (Lipinski definition) is 5. The van der Waals surface area contributed by atoms with E-state index in [1.54, 1.807) is 0 Å². The molecule has 0 unspecified atom stereocenters. The standard InChI is InChI=1S/C10H12O5/c1-4-5-14-10(12)15-7-6-13-9(11)8(2)3/h1H,2,5-7H2,3H3. The van der Waals surface area contributed by atoms with Gasteiger partial charge in [-0.1, -0.05) is 12.5 Å². The highest BCUT2D eigenvalue weighted by molar-refractivity contribution is 5.86. The van der Waals surface area contributed by atoms with Crippen molar-refractivity contribution in [3.8, 4) is 12.3 Å². The monoisotopic (exact) mass is 212 g/mol. The van der Waals surface area contributed by atoms with Crippen LogP contribution in [0.2, 0.25) is 0 Å². The van der Waals surface area contributed by atoms with E-state index in [4.69, 9.17) is 6.42 Å². The minimum absolute atomic E-state index is 0.0448. The predicted molar refractivity (Wildman–Crippen MR) is 51.9 cm³/mol. The van der Waals surface area contributed by atoms with Crippen molar-refractivity contribution in [1.29, 1.82) is 0 Å². The molecule has 0 bridgehead atoms. The Bertz CT molecular complexity index is 287. The molecule has 0 aromatic carbocycles. The zero-order valence-electron chi connectivity index (χ0n) is 8.45. The second-order valence-corrected chi connectivity index (χ2v) is 2.51. The zero-order valence-corrected chi connectivity index (χ0v) is 8.45. The lowest BCUT2D eigenvalue weighted by Crippen LogP contribution is -2.15. The van der Waals surface area contributed by atoms with Crippen molar-refractivity contribution >= 4 is 12.1 Å². The molecule has 0 aliphatic carbocycles. The first-order valence-electron chi connectivity index (χ1n) is 4.13. The molecule has 0 saturated carbocycles. The van der Waals surface area contributed by atoms with Crippen molar-refractivity contribution < 1.29 is 23.8 Å². The van der Waals surface area contributed by atoms with Gasteiger partial charge in [0.2, 0.25) is 0 Å². The Morgan fingerprint density at radius 1 is 1.27 bits per heavy atom. The summed E-state index contributed by atoms with van der Waals surface area (Å²) in [5, 5.41) is 0. The highest BCUT2D eigenvalue weighted by Crippen LogP contribution is 1.92. The largest absolute Gasteiger partial charge is 0.509 e. The van der Waals surface area contributed by atoms with Crippen LogP contribution in [0.4, 0.5) is 4.79 Å². The van der Waals surface area contributed by atoms with Crippen LogP contribution in [0.3, 0.4) is 0 Å². The van der Waals surface area contributed by atoms with Gasteiger partial charge in [0.25, 0.3) is 0 Å². The first-order chi connectivity index (χ1) is 7.07. The first kappa shape index (κ1) is 13.0. The van der Waals surface area contributed by atoms with Gasteiger partial charge in [0.1, 0.15) is 13.2 Å². The molecule has 0 aromatic heterocycles. The normalized spacial score (nSPS) is 8.53. The lowest BCUT2D eigenvalue weighted by Gasteiger charge is -2.05. The summed E-state index contributed by atoms with van der Waals surface area (Å²) in [5.41, 5.74) is 0.282.